The average molecular weight is 1770 g/mol. The zero-order valence-electron chi connectivity index (χ0n) is 72.9. The molecule has 135 heavy (non-hydrogen) atoms. The largest absolute Gasteiger partial charge is 0.309 e. The molecule has 9 heterocycles. The van der Waals surface area contributed by atoms with Crippen LogP contribution in [0.2, 0.25) is 0 Å². The lowest BCUT2D eigenvalue weighted by molar-refractivity contribution is 1.18. The quantitative estimate of drug-likeness (QED) is 0.138. The molecular formula is C126H78N6S3. The van der Waals surface area contributed by atoms with Crippen LogP contribution in [0.4, 0.5) is 0 Å². The van der Waals surface area contributed by atoms with Crippen molar-refractivity contribution < 1.29 is 0 Å². The van der Waals surface area contributed by atoms with Gasteiger partial charge < -0.3 is 27.4 Å². The summed E-state index contributed by atoms with van der Waals surface area (Å²) in [4.78, 5) is 0. The number of rotatable bonds is 9. The summed E-state index contributed by atoms with van der Waals surface area (Å²) in [6.45, 7) is 0. The molecule has 0 spiro atoms. The van der Waals surface area contributed by atoms with E-state index in [0.717, 1.165) is 0 Å². The Hall–Kier alpha value is -16.9. The van der Waals surface area contributed by atoms with Crippen molar-refractivity contribution in [3.05, 3.63) is 473 Å². The van der Waals surface area contributed by atoms with E-state index in [0.29, 0.717) is 0 Å². The lowest BCUT2D eigenvalue weighted by atomic mass is 10.0. The molecule has 0 aliphatic heterocycles. The Labute approximate surface area is 787 Å². The fourth-order valence-corrected chi connectivity index (χ4v) is 25.3. The predicted molar refractivity (Wildman–Crippen MR) is 580 cm³/mol. The zero-order chi connectivity index (χ0) is 88.5. The van der Waals surface area contributed by atoms with Gasteiger partial charge in [0.1, 0.15) is 0 Å². The molecule has 30 rings (SSSR count). The van der Waals surface area contributed by atoms with Gasteiger partial charge in [-0.2, -0.15) is 0 Å². The van der Waals surface area contributed by atoms with Gasteiger partial charge in [0.2, 0.25) is 0 Å². The van der Waals surface area contributed by atoms with Gasteiger partial charge in [-0.1, -0.05) is 267 Å². The summed E-state index contributed by atoms with van der Waals surface area (Å²) in [6.07, 6.45) is 0. The molecule has 0 amide bonds. The summed E-state index contributed by atoms with van der Waals surface area (Å²) >= 11 is 5.61. The van der Waals surface area contributed by atoms with E-state index in [-0.39, 0.29) is 0 Å². The molecule has 0 atom stereocenters. The van der Waals surface area contributed by atoms with E-state index in [1.54, 1.807) is 0 Å². The molecular weight excluding hydrogens is 1690 g/mol. The van der Waals surface area contributed by atoms with E-state index in [2.05, 4.69) is 501 Å². The highest BCUT2D eigenvalue weighted by Crippen LogP contribution is 2.48. The SMILES string of the molecule is c1ccc(-n2c3ccccc3c3cc(-c4ccc5c(c4)c4ccccc4n5-c4ccc5c(c4)sc4ccccc45)ccc32)cc1.c1ccc(-n2c3ccccc3c3cc(-c4ccc5c(c4)c4ccccc4n5-c4ccc5sc6ccccc6c5c4)ccc32)cc1.c1ccc(-n2c3ccccc3c3cc(-c4ccc5c(c4)c4ccccc4n5-c4cccc5sc6ccccc6c45)ccc32)cc1. The van der Waals surface area contributed by atoms with Crippen molar-refractivity contribution in [1.29, 1.82) is 0 Å². The topological polar surface area (TPSA) is 29.6 Å². The molecule has 6 nitrogen and oxygen atoms in total. The van der Waals surface area contributed by atoms with Gasteiger partial charge in [0, 0.05) is 154 Å². The first kappa shape index (κ1) is 76.9. The van der Waals surface area contributed by atoms with Crippen molar-refractivity contribution in [3.63, 3.8) is 0 Å². The first-order valence-corrected chi connectivity index (χ1v) is 48.5. The summed E-state index contributed by atoms with van der Waals surface area (Å²) in [6, 6.07) is 173. The second kappa shape index (κ2) is 30.9. The van der Waals surface area contributed by atoms with E-state index in [9.17, 15) is 0 Å². The Morgan fingerprint density at radius 2 is 0.363 bits per heavy atom. The van der Waals surface area contributed by atoms with Crippen LogP contribution in [0.5, 0.6) is 0 Å². The minimum absolute atomic E-state index is 1.18. The smallest absolute Gasteiger partial charge is 0.0555 e. The van der Waals surface area contributed by atoms with Crippen LogP contribution in [0, 0.1) is 0 Å². The maximum atomic E-state index is 2.46. The van der Waals surface area contributed by atoms with Crippen LogP contribution < -0.4 is 0 Å². The van der Waals surface area contributed by atoms with Crippen LogP contribution >= 0.6 is 34.0 Å². The average Bonchev–Trinajstić information content (AvgIpc) is 1.57. The number of para-hydroxylation sites is 9. The van der Waals surface area contributed by atoms with Crippen molar-refractivity contribution >= 4 is 225 Å². The van der Waals surface area contributed by atoms with Gasteiger partial charge in [0.05, 0.1) is 71.9 Å². The van der Waals surface area contributed by atoms with Crippen molar-refractivity contribution in [2.24, 2.45) is 0 Å². The molecule has 0 N–H and O–H groups in total. The van der Waals surface area contributed by atoms with Gasteiger partial charge in [-0.3, -0.25) is 0 Å². The molecule has 0 fully saturated rings. The van der Waals surface area contributed by atoms with Gasteiger partial charge in [-0.15, -0.1) is 34.0 Å². The highest BCUT2D eigenvalue weighted by atomic mass is 32.1. The van der Waals surface area contributed by atoms with E-state index in [1.165, 1.54) is 259 Å². The normalized spacial score (nSPS) is 12.0. The molecule has 630 valence electrons. The lowest BCUT2D eigenvalue weighted by Gasteiger charge is -2.11. The fourth-order valence-electron chi connectivity index (χ4n) is 21.9. The van der Waals surface area contributed by atoms with Gasteiger partial charge in [0.25, 0.3) is 0 Å². The van der Waals surface area contributed by atoms with E-state index >= 15 is 0 Å². The molecule has 0 saturated carbocycles. The van der Waals surface area contributed by atoms with Crippen LogP contribution in [0.15, 0.2) is 473 Å². The fraction of sp³-hybridized carbons (Fsp3) is 0. The van der Waals surface area contributed by atoms with E-state index in [4.69, 9.17) is 0 Å². The van der Waals surface area contributed by atoms with Crippen LogP contribution in [0.3, 0.4) is 0 Å². The molecule has 0 unspecified atom stereocenters. The van der Waals surface area contributed by atoms with Crippen molar-refractivity contribution in [3.8, 4) is 67.5 Å². The monoisotopic (exact) mass is 1770 g/mol. The Morgan fingerprint density at radius 3 is 0.741 bits per heavy atom. The third-order valence-electron chi connectivity index (χ3n) is 27.9. The van der Waals surface area contributed by atoms with Crippen LogP contribution in [0.1, 0.15) is 0 Å². The second-order valence-corrected chi connectivity index (χ2v) is 38.6. The Balaban J connectivity index is 0.000000101. The van der Waals surface area contributed by atoms with Gasteiger partial charge >= 0.3 is 0 Å². The third-order valence-corrected chi connectivity index (χ3v) is 31.4. The van der Waals surface area contributed by atoms with Crippen LogP contribution in [-0.4, -0.2) is 27.4 Å². The minimum Gasteiger partial charge on any atom is -0.309 e. The Kier molecular flexibility index (Phi) is 17.6. The molecule has 0 radical (unpaired) electrons. The third kappa shape index (κ3) is 12.2. The second-order valence-electron chi connectivity index (χ2n) is 35.3. The molecule has 0 aliphatic rings. The van der Waals surface area contributed by atoms with Gasteiger partial charge in [0.15, 0.2) is 0 Å². The molecule has 21 aromatic carbocycles. The summed E-state index contributed by atoms with van der Waals surface area (Å²) in [5.41, 5.74) is 29.2. The zero-order valence-corrected chi connectivity index (χ0v) is 75.4. The number of hydrogen-bond acceptors (Lipinski definition) is 3. The maximum Gasteiger partial charge on any atom is 0.0555 e. The molecule has 30 aromatic rings. The number of aromatic nitrogens is 6. The summed E-state index contributed by atoms with van der Waals surface area (Å²) in [5, 5.41) is 23.2. The number of nitrogens with zero attached hydrogens (tertiary/aromatic N) is 6. The predicted octanol–water partition coefficient (Wildman–Crippen LogP) is 35.7. The van der Waals surface area contributed by atoms with Crippen molar-refractivity contribution in [1.82, 2.24) is 27.4 Å². The van der Waals surface area contributed by atoms with Gasteiger partial charge in [-0.05, 0) is 240 Å². The number of fused-ring (bicyclic) bond motifs is 27. The Bertz CT molecular complexity index is 10100. The van der Waals surface area contributed by atoms with Crippen LogP contribution in [-0.2, 0) is 0 Å². The molecule has 0 saturated heterocycles. The first-order valence-electron chi connectivity index (χ1n) is 46.1. The van der Waals surface area contributed by atoms with Crippen molar-refractivity contribution in [2.45, 2.75) is 0 Å². The number of thiophene rings is 3. The molecule has 0 bridgehead atoms. The number of hydrogen-bond donors (Lipinski definition) is 0. The Morgan fingerprint density at radius 1 is 0.119 bits per heavy atom. The van der Waals surface area contributed by atoms with E-state index in [1.807, 2.05) is 34.0 Å². The molecule has 9 aromatic heterocycles. The first-order chi connectivity index (χ1) is 67.0. The standard InChI is InChI=1S/3C42H26N2S/c1-2-11-29(12-3-1)43-35-16-7-4-13-30(35)33-25-27(21-23-37(33)43)28-22-24-38-34(26-28)31-14-5-8-17-36(31)44(38)39-18-10-20-41-42(39)32-15-6-9-19-40(32)45-41;1-2-10-29(11-3-1)43-37-15-7-4-12-31(37)35-24-27(18-22-39(35)43)28-19-23-40-36(25-28)32-13-5-8-16-38(32)44(40)30-20-21-34-33-14-6-9-17-41(33)45-42(34)26-30;1-2-10-29(11-3-1)43-37-15-7-4-12-31(37)34-24-27(18-21-39(34)43)28-19-22-40-35(25-28)32-13-5-8-16-38(32)44(40)30-20-23-42-36(26-30)33-14-6-9-17-41(33)45-42/h3*1-26H. The van der Waals surface area contributed by atoms with Crippen molar-refractivity contribution in [2.75, 3.05) is 0 Å². The maximum absolute atomic E-state index is 2.46. The summed E-state index contributed by atoms with van der Waals surface area (Å²) in [7, 11) is 0. The highest BCUT2D eigenvalue weighted by molar-refractivity contribution is 7.26. The molecule has 0 aliphatic carbocycles. The summed E-state index contributed by atoms with van der Waals surface area (Å²) in [5.74, 6) is 0. The van der Waals surface area contributed by atoms with Gasteiger partial charge in [-0.25, -0.2) is 0 Å². The molecule has 9 heteroatoms. The minimum atomic E-state index is 1.18. The lowest BCUT2D eigenvalue weighted by Crippen LogP contribution is -1.94. The van der Waals surface area contributed by atoms with E-state index < -0.39 is 0 Å². The number of benzene rings is 21. The van der Waals surface area contributed by atoms with Crippen LogP contribution in [0.25, 0.3) is 259 Å². The highest BCUT2D eigenvalue weighted by Gasteiger charge is 2.24. The summed E-state index contributed by atoms with van der Waals surface area (Å²) < 4.78 is 22.4.